The van der Waals surface area contributed by atoms with E-state index in [0.717, 1.165) is 24.0 Å². The third-order valence-electron chi connectivity index (χ3n) is 3.82. The molecule has 0 N–H and O–H groups in total. The van der Waals surface area contributed by atoms with Gasteiger partial charge < -0.3 is 9.47 Å². The Hall–Kier alpha value is -1.59. The molecule has 1 aliphatic rings. The zero-order chi connectivity index (χ0) is 13.2. The highest BCUT2D eigenvalue weighted by Crippen LogP contribution is 2.22. The van der Waals surface area contributed by atoms with Crippen molar-refractivity contribution in [2.75, 3.05) is 19.6 Å². The van der Waals surface area contributed by atoms with E-state index in [9.17, 15) is 10.1 Å². The molecule has 5 nitrogen and oxygen atoms in total. The lowest BCUT2D eigenvalue weighted by Crippen LogP contribution is -2.23. The Balaban J connectivity index is 0.00000147. The minimum atomic E-state index is -0.336. The Morgan fingerprint density at radius 3 is 2.60 bits per heavy atom. The summed E-state index contributed by atoms with van der Waals surface area (Å²) in [7, 11) is 0. The molecule has 0 aliphatic carbocycles. The number of fused-ring (bicyclic) bond motifs is 1. The summed E-state index contributed by atoms with van der Waals surface area (Å²) in [5, 5.41) is 11.9. The van der Waals surface area contributed by atoms with Crippen LogP contribution in [-0.2, 0) is 6.54 Å². The van der Waals surface area contributed by atoms with Gasteiger partial charge in [-0.15, -0.1) is 12.4 Å². The Kier molecular flexibility index (Phi) is 4.62. The number of non-ortho nitro benzene ring substituents is 1. The van der Waals surface area contributed by atoms with Gasteiger partial charge in [0.1, 0.15) is 0 Å². The van der Waals surface area contributed by atoms with Crippen LogP contribution in [0.3, 0.4) is 0 Å². The second-order valence-corrected chi connectivity index (χ2v) is 5.06. The Labute approximate surface area is 123 Å². The molecule has 0 atom stereocenters. The van der Waals surface area contributed by atoms with Gasteiger partial charge in [-0.25, -0.2) is 0 Å². The Bertz CT molecular complexity index is 605. The largest absolute Gasteiger partial charge is 0.346 e. The van der Waals surface area contributed by atoms with Crippen molar-refractivity contribution in [2.24, 2.45) is 0 Å². The summed E-state index contributed by atoms with van der Waals surface area (Å²) in [6.45, 7) is 4.27. The van der Waals surface area contributed by atoms with E-state index in [1.54, 1.807) is 12.1 Å². The van der Waals surface area contributed by atoms with Gasteiger partial charge >= 0.3 is 0 Å². The number of benzene rings is 1. The van der Waals surface area contributed by atoms with Gasteiger partial charge in [-0.05, 0) is 38.1 Å². The zero-order valence-electron chi connectivity index (χ0n) is 11.2. The van der Waals surface area contributed by atoms with Gasteiger partial charge in [0, 0.05) is 36.8 Å². The van der Waals surface area contributed by atoms with Gasteiger partial charge in [-0.2, -0.15) is 0 Å². The quantitative estimate of drug-likeness (QED) is 0.643. The number of likely N-dealkylation sites (tertiary alicyclic amines) is 1. The van der Waals surface area contributed by atoms with Crippen molar-refractivity contribution in [1.82, 2.24) is 9.47 Å². The first-order valence-corrected chi connectivity index (χ1v) is 6.70. The van der Waals surface area contributed by atoms with Crippen molar-refractivity contribution >= 4 is 29.0 Å². The lowest BCUT2D eigenvalue weighted by molar-refractivity contribution is -0.384. The van der Waals surface area contributed by atoms with Gasteiger partial charge in [0.25, 0.3) is 5.69 Å². The molecule has 0 spiro atoms. The van der Waals surface area contributed by atoms with Crippen molar-refractivity contribution in [3.8, 4) is 0 Å². The van der Waals surface area contributed by atoms with E-state index in [-0.39, 0.29) is 23.0 Å². The van der Waals surface area contributed by atoms with Crippen LogP contribution in [0.2, 0.25) is 0 Å². The van der Waals surface area contributed by atoms with Crippen LogP contribution in [-0.4, -0.2) is 34.0 Å². The molecule has 108 valence electrons. The van der Waals surface area contributed by atoms with Gasteiger partial charge in [-0.3, -0.25) is 10.1 Å². The monoisotopic (exact) mass is 295 g/mol. The maximum Gasteiger partial charge on any atom is 0.271 e. The molecule has 0 amide bonds. The molecule has 1 aliphatic heterocycles. The molecule has 0 unspecified atom stereocenters. The van der Waals surface area contributed by atoms with Gasteiger partial charge in [-0.1, -0.05) is 0 Å². The van der Waals surface area contributed by atoms with E-state index in [0.29, 0.717) is 0 Å². The van der Waals surface area contributed by atoms with Crippen LogP contribution in [0.5, 0.6) is 0 Å². The first kappa shape index (κ1) is 14.8. The zero-order valence-corrected chi connectivity index (χ0v) is 12.0. The van der Waals surface area contributed by atoms with Gasteiger partial charge in [0.15, 0.2) is 0 Å². The number of nitrogens with zero attached hydrogens (tertiary/aromatic N) is 3. The van der Waals surface area contributed by atoms with Crippen LogP contribution in [0.15, 0.2) is 30.5 Å². The SMILES string of the molecule is Cl.O=[N+]([O-])c1ccc2ccn(CCN3CCCC3)c2c1. The molecule has 0 radical (unpaired) electrons. The molecule has 2 aromatic rings. The lowest BCUT2D eigenvalue weighted by atomic mass is 10.2. The molecular formula is C14H18ClN3O2. The highest BCUT2D eigenvalue weighted by molar-refractivity contribution is 5.85. The fourth-order valence-corrected chi connectivity index (χ4v) is 2.74. The van der Waals surface area contributed by atoms with Gasteiger partial charge in [0.05, 0.1) is 10.4 Å². The molecule has 0 bridgehead atoms. The number of rotatable bonds is 4. The molecule has 2 heterocycles. The first-order valence-electron chi connectivity index (χ1n) is 6.70. The van der Waals surface area contributed by atoms with Gasteiger partial charge in [0.2, 0.25) is 0 Å². The molecule has 1 aromatic heterocycles. The van der Waals surface area contributed by atoms with Crippen molar-refractivity contribution < 1.29 is 4.92 Å². The summed E-state index contributed by atoms with van der Waals surface area (Å²) in [5.41, 5.74) is 1.11. The summed E-state index contributed by atoms with van der Waals surface area (Å²) in [6, 6.07) is 7.06. The van der Waals surface area contributed by atoms with E-state index in [2.05, 4.69) is 9.47 Å². The molecule has 1 fully saturated rings. The number of aromatic nitrogens is 1. The van der Waals surface area contributed by atoms with Crippen LogP contribution in [0.1, 0.15) is 12.8 Å². The Morgan fingerprint density at radius 1 is 1.15 bits per heavy atom. The van der Waals surface area contributed by atoms with E-state index >= 15 is 0 Å². The van der Waals surface area contributed by atoms with Crippen LogP contribution >= 0.6 is 12.4 Å². The molecule has 0 saturated carbocycles. The second kappa shape index (κ2) is 6.24. The smallest absolute Gasteiger partial charge is 0.271 e. The Morgan fingerprint density at radius 2 is 1.90 bits per heavy atom. The van der Waals surface area contributed by atoms with Crippen molar-refractivity contribution in [3.05, 3.63) is 40.6 Å². The summed E-state index contributed by atoms with van der Waals surface area (Å²) in [6.07, 6.45) is 4.60. The van der Waals surface area contributed by atoms with E-state index < -0.39 is 0 Å². The summed E-state index contributed by atoms with van der Waals surface area (Å²) in [5.74, 6) is 0. The topological polar surface area (TPSA) is 51.3 Å². The van der Waals surface area contributed by atoms with Crippen molar-refractivity contribution in [1.29, 1.82) is 0 Å². The maximum absolute atomic E-state index is 10.8. The van der Waals surface area contributed by atoms with Crippen molar-refractivity contribution in [2.45, 2.75) is 19.4 Å². The van der Waals surface area contributed by atoms with Crippen LogP contribution < -0.4 is 0 Å². The normalized spacial score (nSPS) is 15.4. The molecular weight excluding hydrogens is 278 g/mol. The van der Waals surface area contributed by atoms with Crippen LogP contribution in [0.25, 0.3) is 10.9 Å². The highest BCUT2D eigenvalue weighted by atomic mass is 35.5. The predicted molar refractivity (Wildman–Crippen MR) is 81.5 cm³/mol. The highest BCUT2D eigenvalue weighted by Gasteiger charge is 2.12. The maximum atomic E-state index is 10.8. The van der Waals surface area contributed by atoms with Crippen LogP contribution in [0, 0.1) is 10.1 Å². The first-order chi connectivity index (χ1) is 9.24. The van der Waals surface area contributed by atoms with Crippen LogP contribution in [0.4, 0.5) is 5.69 Å². The van der Waals surface area contributed by atoms with E-state index in [4.69, 9.17) is 0 Å². The summed E-state index contributed by atoms with van der Waals surface area (Å²) < 4.78 is 2.11. The second-order valence-electron chi connectivity index (χ2n) is 5.06. The molecule has 3 rings (SSSR count). The van der Waals surface area contributed by atoms with E-state index in [1.807, 2.05) is 18.3 Å². The molecule has 20 heavy (non-hydrogen) atoms. The number of hydrogen-bond acceptors (Lipinski definition) is 3. The fraction of sp³-hybridized carbons (Fsp3) is 0.429. The number of halogens is 1. The number of hydrogen-bond donors (Lipinski definition) is 0. The lowest BCUT2D eigenvalue weighted by Gasteiger charge is -2.15. The third kappa shape index (κ3) is 2.94. The molecule has 6 heteroatoms. The number of nitro groups is 1. The number of nitro benzene ring substituents is 1. The molecule has 1 aromatic carbocycles. The van der Waals surface area contributed by atoms with Crippen molar-refractivity contribution in [3.63, 3.8) is 0 Å². The third-order valence-corrected chi connectivity index (χ3v) is 3.82. The standard InChI is InChI=1S/C14H17N3O2.ClH/c18-17(19)13-4-3-12-5-8-16(14(12)11-13)10-9-15-6-1-2-7-15;/h3-5,8,11H,1-2,6-7,9-10H2;1H. The summed E-state index contributed by atoms with van der Waals surface area (Å²) >= 11 is 0. The summed E-state index contributed by atoms with van der Waals surface area (Å²) in [4.78, 5) is 12.9. The minimum Gasteiger partial charge on any atom is -0.346 e. The molecule has 1 saturated heterocycles. The van der Waals surface area contributed by atoms with E-state index in [1.165, 1.54) is 25.9 Å². The fourth-order valence-electron chi connectivity index (χ4n) is 2.74. The minimum absolute atomic E-state index is 0. The predicted octanol–water partition coefficient (Wildman–Crippen LogP) is 3.07. The average molecular weight is 296 g/mol. The average Bonchev–Trinajstić information content (AvgIpc) is 3.05.